The van der Waals surface area contributed by atoms with Crippen molar-refractivity contribution >= 4 is 23.2 Å². The number of hydrogen-bond acceptors (Lipinski definition) is 2. The Balaban J connectivity index is 1.70. The van der Waals surface area contributed by atoms with Crippen molar-refractivity contribution in [1.82, 2.24) is 10.2 Å². The standard InChI is InChI=1S/C21H17ClF3N3O/c1-11-10-13(8-9-15(11)21(23,24)25)26-20(29)17-18(12-6-7-12)27-28-19(17)14-4-2-3-5-16(14)22/h2-5,8-10,12H,6-7H2,1H3,(H,26,29)(H,27,28). The predicted molar refractivity (Wildman–Crippen MR) is 105 cm³/mol. The van der Waals surface area contributed by atoms with Crippen molar-refractivity contribution in [3.63, 3.8) is 0 Å². The topological polar surface area (TPSA) is 57.8 Å². The van der Waals surface area contributed by atoms with Gasteiger partial charge < -0.3 is 5.32 Å². The van der Waals surface area contributed by atoms with Gasteiger partial charge in [-0.25, -0.2) is 0 Å². The van der Waals surface area contributed by atoms with E-state index in [9.17, 15) is 18.0 Å². The average Bonchev–Trinajstić information content (AvgIpc) is 3.39. The van der Waals surface area contributed by atoms with Crippen LogP contribution in [0.2, 0.25) is 5.02 Å². The van der Waals surface area contributed by atoms with Crippen LogP contribution < -0.4 is 5.32 Å². The largest absolute Gasteiger partial charge is 0.416 e. The third kappa shape index (κ3) is 3.87. The number of hydrogen-bond donors (Lipinski definition) is 2. The molecule has 1 fully saturated rings. The summed E-state index contributed by atoms with van der Waals surface area (Å²) in [5.74, 6) is -0.219. The van der Waals surface area contributed by atoms with Gasteiger partial charge in [0, 0.05) is 17.2 Å². The van der Waals surface area contributed by atoms with Gasteiger partial charge in [-0.1, -0.05) is 29.8 Å². The summed E-state index contributed by atoms with van der Waals surface area (Å²) < 4.78 is 38.9. The molecule has 1 saturated carbocycles. The van der Waals surface area contributed by atoms with E-state index >= 15 is 0 Å². The normalized spacial score (nSPS) is 14.1. The molecule has 2 N–H and O–H groups in total. The molecule has 0 atom stereocenters. The molecule has 1 amide bonds. The van der Waals surface area contributed by atoms with Crippen LogP contribution in [0.25, 0.3) is 11.3 Å². The van der Waals surface area contributed by atoms with E-state index in [1.165, 1.54) is 19.1 Å². The highest BCUT2D eigenvalue weighted by Gasteiger charge is 2.34. The molecule has 8 heteroatoms. The number of nitrogens with one attached hydrogen (secondary N) is 2. The first-order valence-corrected chi connectivity index (χ1v) is 9.46. The Hall–Kier alpha value is -2.80. The summed E-state index contributed by atoms with van der Waals surface area (Å²) in [6, 6.07) is 10.6. The van der Waals surface area contributed by atoms with Crippen molar-refractivity contribution in [1.29, 1.82) is 0 Å². The van der Waals surface area contributed by atoms with Gasteiger partial charge in [0.25, 0.3) is 5.91 Å². The van der Waals surface area contributed by atoms with Crippen LogP contribution >= 0.6 is 11.6 Å². The van der Waals surface area contributed by atoms with Gasteiger partial charge in [0.05, 0.1) is 21.8 Å². The molecule has 0 bridgehead atoms. The number of amides is 1. The fourth-order valence-electron chi connectivity index (χ4n) is 3.35. The summed E-state index contributed by atoms with van der Waals surface area (Å²) in [6.45, 7) is 1.36. The lowest BCUT2D eigenvalue weighted by atomic mass is 10.0. The van der Waals surface area contributed by atoms with Crippen LogP contribution in [-0.4, -0.2) is 16.1 Å². The van der Waals surface area contributed by atoms with Crippen molar-refractivity contribution in [2.24, 2.45) is 0 Å². The molecule has 3 aromatic rings. The van der Waals surface area contributed by atoms with Crippen LogP contribution in [0.5, 0.6) is 0 Å². The van der Waals surface area contributed by atoms with Gasteiger partial charge in [-0.3, -0.25) is 9.89 Å². The molecule has 2 aromatic carbocycles. The lowest BCUT2D eigenvalue weighted by Gasteiger charge is -2.13. The zero-order chi connectivity index (χ0) is 20.8. The molecule has 0 spiro atoms. The average molecular weight is 420 g/mol. The monoisotopic (exact) mass is 419 g/mol. The molecule has 1 heterocycles. The highest BCUT2D eigenvalue weighted by atomic mass is 35.5. The second-order valence-electron chi connectivity index (χ2n) is 7.10. The van der Waals surface area contributed by atoms with Gasteiger partial charge >= 0.3 is 6.18 Å². The van der Waals surface area contributed by atoms with Gasteiger partial charge in [-0.2, -0.15) is 18.3 Å². The van der Waals surface area contributed by atoms with Gasteiger partial charge in [0.15, 0.2) is 0 Å². The Labute approximate surface area is 170 Å². The maximum absolute atomic E-state index is 13.1. The van der Waals surface area contributed by atoms with Crippen LogP contribution in [0, 0.1) is 6.92 Å². The highest BCUT2D eigenvalue weighted by Crippen LogP contribution is 2.43. The molecule has 29 heavy (non-hydrogen) atoms. The van der Waals surface area contributed by atoms with Gasteiger partial charge in [0.1, 0.15) is 5.69 Å². The number of rotatable bonds is 4. The molecule has 1 aliphatic carbocycles. The molecule has 4 rings (SSSR count). The van der Waals surface area contributed by atoms with Crippen molar-refractivity contribution in [3.05, 3.63) is 69.9 Å². The highest BCUT2D eigenvalue weighted by molar-refractivity contribution is 6.33. The van der Waals surface area contributed by atoms with Crippen LogP contribution in [0.1, 0.15) is 45.9 Å². The number of carbonyl (C=O) groups excluding carboxylic acids is 1. The summed E-state index contributed by atoms with van der Waals surface area (Å²) in [4.78, 5) is 13.1. The second-order valence-corrected chi connectivity index (χ2v) is 7.50. The molecule has 0 saturated heterocycles. The molecule has 0 aliphatic heterocycles. The third-order valence-corrected chi connectivity index (χ3v) is 5.26. The van der Waals surface area contributed by atoms with Crippen LogP contribution in [0.15, 0.2) is 42.5 Å². The van der Waals surface area contributed by atoms with E-state index in [4.69, 9.17) is 11.6 Å². The molecule has 0 unspecified atom stereocenters. The summed E-state index contributed by atoms with van der Waals surface area (Å²) >= 11 is 6.29. The molecule has 1 aromatic heterocycles. The van der Waals surface area contributed by atoms with Crippen LogP contribution in [-0.2, 0) is 6.18 Å². The van der Waals surface area contributed by atoms with E-state index in [1.54, 1.807) is 24.3 Å². The molecule has 150 valence electrons. The number of nitrogens with zero attached hydrogens (tertiary/aromatic N) is 1. The van der Waals surface area contributed by atoms with Crippen LogP contribution in [0.3, 0.4) is 0 Å². The maximum atomic E-state index is 13.1. The van der Waals surface area contributed by atoms with Crippen molar-refractivity contribution in [2.45, 2.75) is 31.9 Å². The van der Waals surface area contributed by atoms with E-state index in [-0.39, 0.29) is 17.2 Å². The SMILES string of the molecule is Cc1cc(NC(=O)c2c(-c3ccccc3Cl)n[nH]c2C2CC2)ccc1C(F)(F)F. The maximum Gasteiger partial charge on any atom is 0.416 e. The molecule has 0 radical (unpaired) electrons. The Morgan fingerprint density at radius 1 is 1.21 bits per heavy atom. The van der Waals surface area contributed by atoms with Crippen molar-refractivity contribution in [2.75, 3.05) is 5.32 Å². The van der Waals surface area contributed by atoms with E-state index < -0.39 is 17.6 Å². The lowest BCUT2D eigenvalue weighted by molar-refractivity contribution is -0.138. The smallest absolute Gasteiger partial charge is 0.322 e. The Bertz CT molecular complexity index is 1090. The number of aryl methyl sites for hydroxylation is 1. The fourth-order valence-corrected chi connectivity index (χ4v) is 3.58. The zero-order valence-electron chi connectivity index (χ0n) is 15.4. The first kappa shape index (κ1) is 19.5. The first-order valence-electron chi connectivity index (χ1n) is 9.08. The van der Waals surface area contributed by atoms with E-state index in [2.05, 4.69) is 15.5 Å². The first-order chi connectivity index (χ1) is 13.8. The minimum atomic E-state index is -4.44. The third-order valence-electron chi connectivity index (χ3n) is 4.93. The molecule has 1 aliphatic rings. The van der Waals surface area contributed by atoms with Crippen molar-refractivity contribution in [3.8, 4) is 11.3 Å². The number of H-pyrrole nitrogens is 1. The number of benzene rings is 2. The van der Waals surface area contributed by atoms with Crippen molar-refractivity contribution < 1.29 is 18.0 Å². The molecular formula is C21H17ClF3N3O. The molecule has 4 nitrogen and oxygen atoms in total. The van der Waals surface area contributed by atoms with Gasteiger partial charge in [-0.05, 0) is 49.6 Å². The zero-order valence-corrected chi connectivity index (χ0v) is 16.2. The van der Waals surface area contributed by atoms with E-state index in [0.717, 1.165) is 24.6 Å². The summed E-state index contributed by atoms with van der Waals surface area (Å²) in [5, 5.41) is 10.4. The number of anilines is 1. The summed E-state index contributed by atoms with van der Waals surface area (Å²) in [6.07, 6.45) is -2.54. The summed E-state index contributed by atoms with van der Waals surface area (Å²) in [5.41, 5.74) is 1.74. The quantitative estimate of drug-likeness (QED) is 0.530. The number of carbonyl (C=O) groups is 1. The number of alkyl halides is 3. The number of aromatic amines is 1. The minimum Gasteiger partial charge on any atom is -0.322 e. The molecular weight excluding hydrogens is 403 g/mol. The Morgan fingerprint density at radius 3 is 2.55 bits per heavy atom. The summed E-state index contributed by atoms with van der Waals surface area (Å²) in [7, 11) is 0. The van der Waals surface area contributed by atoms with E-state index in [1.807, 2.05) is 0 Å². The van der Waals surface area contributed by atoms with Gasteiger partial charge in [-0.15, -0.1) is 0 Å². The van der Waals surface area contributed by atoms with E-state index in [0.29, 0.717) is 21.8 Å². The predicted octanol–water partition coefficient (Wildman–Crippen LogP) is 6.19. The van der Waals surface area contributed by atoms with Gasteiger partial charge in [0.2, 0.25) is 0 Å². The Morgan fingerprint density at radius 2 is 1.93 bits per heavy atom. The minimum absolute atomic E-state index is 0.0382. The van der Waals surface area contributed by atoms with Crippen LogP contribution in [0.4, 0.5) is 18.9 Å². The number of halogens is 4. The lowest BCUT2D eigenvalue weighted by Crippen LogP contribution is -2.15. The second kappa shape index (κ2) is 7.22. The Kier molecular flexibility index (Phi) is 4.86. The fraction of sp³-hybridized carbons (Fsp3) is 0.238. The number of aromatic nitrogens is 2.